The molecule has 0 saturated carbocycles. The molecule has 0 unspecified atom stereocenters. The second kappa shape index (κ2) is 5.53. The molecule has 0 amide bonds. The minimum Gasteiger partial charge on any atom is -0.478 e. The van der Waals surface area contributed by atoms with Gasteiger partial charge in [-0.2, -0.15) is 4.98 Å². The highest BCUT2D eigenvalue weighted by Gasteiger charge is 2.09. The van der Waals surface area contributed by atoms with E-state index in [4.69, 9.17) is 9.52 Å². The average molecular weight is 248 g/mol. The molecule has 2 rings (SSSR count). The van der Waals surface area contributed by atoms with Crippen molar-refractivity contribution in [1.82, 2.24) is 4.98 Å². The molecular formula is C13H16N2O3. The fourth-order valence-corrected chi connectivity index (χ4v) is 1.70. The largest absolute Gasteiger partial charge is 0.478 e. The lowest BCUT2D eigenvalue weighted by molar-refractivity contribution is 0.0697. The zero-order chi connectivity index (χ0) is 13.0. The van der Waals surface area contributed by atoms with Crippen LogP contribution in [-0.4, -0.2) is 22.6 Å². The fourth-order valence-electron chi connectivity index (χ4n) is 1.70. The van der Waals surface area contributed by atoms with Crippen LogP contribution in [0.3, 0.4) is 0 Å². The van der Waals surface area contributed by atoms with Crippen LogP contribution in [0.5, 0.6) is 0 Å². The van der Waals surface area contributed by atoms with E-state index in [0.29, 0.717) is 17.1 Å². The van der Waals surface area contributed by atoms with Crippen molar-refractivity contribution in [1.29, 1.82) is 0 Å². The normalized spacial score (nSPS) is 10.7. The van der Waals surface area contributed by atoms with Crippen molar-refractivity contribution in [3.05, 3.63) is 23.8 Å². The predicted molar refractivity (Wildman–Crippen MR) is 69.0 cm³/mol. The molecule has 96 valence electrons. The van der Waals surface area contributed by atoms with Crippen LogP contribution >= 0.6 is 0 Å². The Morgan fingerprint density at radius 2 is 2.28 bits per heavy atom. The summed E-state index contributed by atoms with van der Waals surface area (Å²) in [6.45, 7) is 2.96. The first-order chi connectivity index (χ1) is 8.70. The average Bonchev–Trinajstić information content (AvgIpc) is 2.76. The van der Waals surface area contributed by atoms with Crippen molar-refractivity contribution >= 4 is 23.1 Å². The Kier molecular flexibility index (Phi) is 3.82. The summed E-state index contributed by atoms with van der Waals surface area (Å²) in [5, 5.41) is 12.0. The number of benzene rings is 1. The van der Waals surface area contributed by atoms with Gasteiger partial charge in [-0.3, -0.25) is 0 Å². The van der Waals surface area contributed by atoms with Gasteiger partial charge in [0.05, 0.1) is 5.56 Å². The number of carboxylic acids is 1. The third-order valence-electron chi connectivity index (χ3n) is 2.69. The number of oxazole rings is 1. The monoisotopic (exact) mass is 248 g/mol. The highest BCUT2D eigenvalue weighted by Crippen LogP contribution is 2.20. The molecule has 1 aromatic heterocycles. The molecule has 0 spiro atoms. The predicted octanol–water partition coefficient (Wildman–Crippen LogP) is 3.13. The first-order valence-electron chi connectivity index (χ1n) is 6.08. The topological polar surface area (TPSA) is 75.4 Å². The SMILES string of the molecule is CCCCCNc1nc2ccc(C(=O)O)cc2o1. The number of aromatic carboxylic acids is 1. The molecule has 0 fully saturated rings. The van der Waals surface area contributed by atoms with Gasteiger partial charge in [0.2, 0.25) is 0 Å². The van der Waals surface area contributed by atoms with Gasteiger partial charge in [0, 0.05) is 6.54 Å². The summed E-state index contributed by atoms with van der Waals surface area (Å²) in [4.78, 5) is 15.1. The number of hydrogen-bond acceptors (Lipinski definition) is 4. The molecule has 0 radical (unpaired) electrons. The van der Waals surface area contributed by atoms with Crippen molar-refractivity contribution in [2.75, 3.05) is 11.9 Å². The number of fused-ring (bicyclic) bond motifs is 1. The Hall–Kier alpha value is -2.04. The number of nitrogens with one attached hydrogen (secondary N) is 1. The van der Waals surface area contributed by atoms with E-state index < -0.39 is 5.97 Å². The molecule has 0 saturated heterocycles. The fraction of sp³-hybridized carbons (Fsp3) is 0.385. The van der Waals surface area contributed by atoms with Gasteiger partial charge >= 0.3 is 5.97 Å². The molecule has 0 aliphatic carbocycles. The van der Waals surface area contributed by atoms with Gasteiger partial charge in [-0.05, 0) is 24.6 Å². The van der Waals surface area contributed by atoms with Crippen LogP contribution in [0.15, 0.2) is 22.6 Å². The molecule has 1 heterocycles. The van der Waals surface area contributed by atoms with Gasteiger partial charge in [-0.1, -0.05) is 19.8 Å². The second-order valence-electron chi connectivity index (χ2n) is 4.14. The Morgan fingerprint density at radius 3 is 3.00 bits per heavy atom. The molecular weight excluding hydrogens is 232 g/mol. The van der Waals surface area contributed by atoms with Crippen molar-refractivity contribution in [3.63, 3.8) is 0 Å². The van der Waals surface area contributed by atoms with E-state index in [0.717, 1.165) is 25.8 Å². The summed E-state index contributed by atoms with van der Waals surface area (Å²) in [5.41, 5.74) is 1.36. The summed E-state index contributed by atoms with van der Waals surface area (Å²) in [7, 11) is 0. The van der Waals surface area contributed by atoms with Crippen molar-refractivity contribution in [2.24, 2.45) is 0 Å². The number of hydrogen-bond donors (Lipinski definition) is 2. The van der Waals surface area contributed by atoms with Gasteiger partial charge in [-0.25, -0.2) is 4.79 Å². The van der Waals surface area contributed by atoms with Crippen molar-refractivity contribution in [2.45, 2.75) is 26.2 Å². The molecule has 18 heavy (non-hydrogen) atoms. The number of carboxylic acid groups (broad SMARTS) is 1. The third-order valence-corrected chi connectivity index (χ3v) is 2.69. The molecule has 0 aliphatic heterocycles. The highest BCUT2D eigenvalue weighted by molar-refractivity contribution is 5.92. The summed E-state index contributed by atoms with van der Waals surface area (Å²) in [5.74, 6) is -0.967. The number of rotatable bonds is 6. The van der Waals surface area contributed by atoms with Crippen molar-refractivity contribution < 1.29 is 14.3 Å². The highest BCUT2D eigenvalue weighted by atomic mass is 16.4. The van der Waals surface area contributed by atoms with Gasteiger partial charge in [0.25, 0.3) is 6.01 Å². The van der Waals surface area contributed by atoms with Crippen LogP contribution in [-0.2, 0) is 0 Å². The number of anilines is 1. The summed E-state index contributed by atoms with van der Waals surface area (Å²) in [6.07, 6.45) is 3.39. The molecule has 2 aromatic rings. The Morgan fingerprint density at radius 1 is 1.44 bits per heavy atom. The standard InChI is InChI=1S/C13H16N2O3/c1-2-3-4-7-14-13-15-10-6-5-9(12(16)17)8-11(10)18-13/h5-6,8H,2-4,7H2,1H3,(H,14,15)(H,16,17). The Balaban J connectivity index is 2.09. The van der Waals surface area contributed by atoms with E-state index in [9.17, 15) is 4.79 Å². The van der Waals surface area contributed by atoms with Gasteiger partial charge < -0.3 is 14.8 Å². The third kappa shape index (κ3) is 2.80. The van der Waals surface area contributed by atoms with Crippen molar-refractivity contribution in [3.8, 4) is 0 Å². The van der Waals surface area contributed by atoms with Crippen LogP contribution in [0.2, 0.25) is 0 Å². The van der Waals surface area contributed by atoms with Gasteiger partial charge in [-0.15, -0.1) is 0 Å². The number of aromatic nitrogens is 1. The second-order valence-corrected chi connectivity index (χ2v) is 4.14. The van der Waals surface area contributed by atoms with Crippen LogP contribution in [0.25, 0.3) is 11.1 Å². The first kappa shape index (κ1) is 12.4. The maximum atomic E-state index is 10.8. The Labute approximate surface area is 105 Å². The van der Waals surface area contributed by atoms with Crippen LogP contribution in [0, 0.1) is 0 Å². The minimum atomic E-state index is -0.967. The lowest BCUT2D eigenvalue weighted by Crippen LogP contribution is -2.00. The smallest absolute Gasteiger partial charge is 0.335 e. The first-order valence-corrected chi connectivity index (χ1v) is 6.08. The Bertz CT molecular complexity index is 548. The molecule has 0 atom stereocenters. The summed E-state index contributed by atoms with van der Waals surface area (Å²) < 4.78 is 5.45. The zero-order valence-corrected chi connectivity index (χ0v) is 10.3. The lowest BCUT2D eigenvalue weighted by atomic mass is 10.2. The summed E-state index contributed by atoms with van der Waals surface area (Å²) >= 11 is 0. The van der Waals surface area contributed by atoms with Gasteiger partial charge in [0.15, 0.2) is 5.58 Å². The van der Waals surface area contributed by atoms with E-state index in [1.807, 2.05) is 0 Å². The molecule has 5 nitrogen and oxygen atoms in total. The molecule has 0 aliphatic rings. The van der Waals surface area contributed by atoms with E-state index in [1.165, 1.54) is 12.1 Å². The molecule has 1 aromatic carbocycles. The van der Waals surface area contributed by atoms with E-state index in [-0.39, 0.29) is 5.56 Å². The van der Waals surface area contributed by atoms with Gasteiger partial charge in [0.1, 0.15) is 5.52 Å². The molecule has 2 N–H and O–H groups in total. The number of unbranched alkanes of at least 4 members (excludes halogenated alkanes) is 2. The minimum absolute atomic E-state index is 0.205. The van der Waals surface area contributed by atoms with Crippen LogP contribution < -0.4 is 5.32 Å². The van der Waals surface area contributed by atoms with E-state index in [2.05, 4.69) is 17.2 Å². The van der Waals surface area contributed by atoms with Crippen LogP contribution in [0.4, 0.5) is 6.01 Å². The molecule has 5 heteroatoms. The zero-order valence-electron chi connectivity index (χ0n) is 10.3. The maximum absolute atomic E-state index is 10.8. The number of nitrogens with zero attached hydrogens (tertiary/aromatic N) is 1. The maximum Gasteiger partial charge on any atom is 0.335 e. The number of carbonyl (C=O) groups is 1. The lowest BCUT2D eigenvalue weighted by Gasteiger charge is -1.98. The van der Waals surface area contributed by atoms with E-state index >= 15 is 0 Å². The van der Waals surface area contributed by atoms with Crippen LogP contribution in [0.1, 0.15) is 36.5 Å². The van der Waals surface area contributed by atoms with E-state index in [1.54, 1.807) is 6.07 Å². The molecule has 0 bridgehead atoms. The summed E-state index contributed by atoms with van der Waals surface area (Å²) in [6, 6.07) is 5.11. The quantitative estimate of drug-likeness (QED) is 0.768.